The lowest BCUT2D eigenvalue weighted by Gasteiger charge is -2.07. The van der Waals surface area contributed by atoms with Crippen molar-refractivity contribution in [3.05, 3.63) is 23.8 Å². The summed E-state index contributed by atoms with van der Waals surface area (Å²) in [5, 5.41) is 4.01. The number of halogens is 1. The summed E-state index contributed by atoms with van der Waals surface area (Å²) in [5.41, 5.74) is 6.69. The molecule has 2 N–H and O–H groups in total. The van der Waals surface area contributed by atoms with Crippen molar-refractivity contribution >= 4 is 11.5 Å². The number of hydrogen-bond donors (Lipinski definition) is 1. The standard InChI is InChI=1S/C10H13FN4/c1-3-6(2)8-4-7(11)9-5-13-10(12)14-15(8)9/h4-6H,3H2,1-2H3,(H2,12,14). The van der Waals surface area contributed by atoms with Crippen molar-refractivity contribution in [3.8, 4) is 0 Å². The SMILES string of the molecule is CCC(C)c1cc(F)c2cnc(N)nn12. The Morgan fingerprint density at radius 1 is 1.60 bits per heavy atom. The highest BCUT2D eigenvalue weighted by atomic mass is 19.1. The number of hydrogen-bond acceptors (Lipinski definition) is 3. The van der Waals surface area contributed by atoms with Gasteiger partial charge in [-0.1, -0.05) is 13.8 Å². The maximum Gasteiger partial charge on any atom is 0.238 e. The normalized spacial score (nSPS) is 13.3. The lowest BCUT2D eigenvalue weighted by atomic mass is 10.1. The molecule has 0 amide bonds. The Kier molecular flexibility index (Phi) is 2.30. The molecule has 0 saturated heterocycles. The van der Waals surface area contributed by atoms with Gasteiger partial charge in [0.1, 0.15) is 5.52 Å². The number of nitrogens with zero attached hydrogens (tertiary/aromatic N) is 3. The Balaban J connectivity index is 2.69. The molecule has 2 aromatic heterocycles. The van der Waals surface area contributed by atoms with Crippen LogP contribution in [-0.2, 0) is 0 Å². The Morgan fingerprint density at radius 3 is 3.00 bits per heavy atom. The molecule has 4 nitrogen and oxygen atoms in total. The molecule has 2 heterocycles. The molecule has 15 heavy (non-hydrogen) atoms. The van der Waals surface area contributed by atoms with Crippen molar-refractivity contribution in [1.29, 1.82) is 0 Å². The van der Waals surface area contributed by atoms with E-state index in [9.17, 15) is 4.39 Å². The molecule has 0 bridgehead atoms. The summed E-state index contributed by atoms with van der Waals surface area (Å²) in [5.74, 6) is 0.101. The van der Waals surface area contributed by atoms with Gasteiger partial charge in [0.2, 0.25) is 5.95 Å². The second kappa shape index (κ2) is 3.49. The van der Waals surface area contributed by atoms with Crippen LogP contribution in [0, 0.1) is 5.82 Å². The fraction of sp³-hybridized carbons (Fsp3) is 0.400. The molecule has 1 unspecified atom stereocenters. The third-order valence-electron chi connectivity index (χ3n) is 2.63. The van der Waals surface area contributed by atoms with Crippen molar-refractivity contribution in [3.63, 3.8) is 0 Å². The Labute approximate surface area is 86.9 Å². The van der Waals surface area contributed by atoms with Crippen LogP contribution in [0.1, 0.15) is 31.9 Å². The van der Waals surface area contributed by atoms with Crippen LogP contribution in [0.5, 0.6) is 0 Å². The van der Waals surface area contributed by atoms with Crippen LogP contribution in [0.25, 0.3) is 5.52 Å². The summed E-state index contributed by atoms with van der Waals surface area (Å²) in [4.78, 5) is 3.77. The highest BCUT2D eigenvalue weighted by molar-refractivity contribution is 5.49. The molecular weight excluding hydrogens is 195 g/mol. The number of fused-ring (bicyclic) bond motifs is 1. The monoisotopic (exact) mass is 208 g/mol. The highest BCUT2D eigenvalue weighted by Crippen LogP contribution is 2.23. The van der Waals surface area contributed by atoms with Crippen LogP contribution in [0.15, 0.2) is 12.3 Å². The largest absolute Gasteiger partial charge is 0.367 e. The van der Waals surface area contributed by atoms with Gasteiger partial charge in [-0.05, 0) is 18.4 Å². The number of anilines is 1. The fourth-order valence-electron chi connectivity index (χ4n) is 1.55. The second-order valence-electron chi connectivity index (χ2n) is 3.64. The molecule has 0 aromatic carbocycles. The maximum absolute atomic E-state index is 13.5. The predicted octanol–water partition coefficient (Wildman–Crippen LogP) is 1.96. The van der Waals surface area contributed by atoms with Crippen molar-refractivity contribution in [2.75, 3.05) is 5.73 Å². The summed E-state index contributed by atoms with van der Waals surface area (Å²) in [6.45, 7) is 4.08. The minimum absolute atomic E-state index is 0.155. The summed E-state index contributed by atoms with van der Waals surface area (Å²) in [7, 11) is 0. The van der Waals surface area contributed by atoms with Crippen molar-refractivity contribution in [2.24, 2.45) is 0 Å². The predicted molar refractivity (Wildman–Crippen MR) is 56.1 cm³/mol. The van der Waals surface area contributed by atoms with Gasteiger partial charge in [0.25, 0.3) is 0 Å². The number of aromatic nitrogens is 3. The number of nitrogen functional groups attached to an aromatic ring is 1. The Hall–Kier alpha value is -1.65. The van der Waals surface area contributed by atoms with Gasteiger partial charge in [0, 0.05) is 5.69 Å². The van der Waals surface area contributed by atoms with Gasteiger partial charge in [-0.2, -0.15) is 0 Å². The van der Waals surface area contributed by atoms with E-state index >= 15 is 0 Å². The molecule has 0 aliphatic carbocycles. The van der Waals surface area contributed by atoms with Crippen LogP contribution >= 0.6 is 0 Å². The van der Waals surface area contributed by atoms with Gasteiger partial charge in [-0.25, -0.2) is 13.9 Å². The average molecular weight is 208 g/mol. The molecule has 1 atom stereocenters. The summed E-state index contributed by atoms with van der Waals surface area (Å²) >= 11 is 0. The van der Waals surface area contributed by atoms with Gasteiger partial charge in [-0.3, -0.25) is 0 Å². The van der Waals surface area contributed by atoms with E-state index in [4.69, 9.17) is 5.73 Å². The molecule has 2 rings (SSSR count). The third kappa shape index (κ3) is 1.54. The second-order valence-corrected chi connectivity index (χ2v) is 3.64. The summed E-state index contributed by atoms with van der Waals surface area (Å²) < 4.78 is 15.0. The average Bonchev–Trinajstić information content (AvgIpc) is 2.54. The first-order valence-corrected chi connectivity index (χ1v) is 4.93. The topological polar surface area (TPSA) is 56.2 Å². The van der Waals surface area contributed by atoms with E-state index in [1.807, 2.05) is 13.8 Å². The zero-order valence-corrected chi connectivity index (χ0v) is 8.74. The molecule has 0 spiro atoms. The minimum atomic E-state index is -0.301. The summed E-state index contributed by atoms with van der Waals surface area (Å²) in [6.07, 6.45) is 2.33. The minimum Gasteiger partial charge on any atom is -0.367 e. The van der Waals surface area contributed by atoms with Crippen molar-refractivity contribution < 1.29 is 4.39 Å². The lowest BCUT2D eigenvalue weighted by Crippen LogP contribution is -2.05. The molecule has 0 radical (unpaired) electrons. The first kappa shape index (κ1) is 9.89. The molecule has 0 aliphatic heterocycles. The van der Waals surface area contributed by atoms with Crippen LogP contribution in [0.4, 0.5) is 10.3 Å². The first-order chi connectivity index (χ1) is 7.13. The van der Waals surface area contributed by atoms with E-state index < -0.39 is 0 Å². The molecule has 2 aromatic rings. The first-order valence-electron chi connectivity index (χ1n) is 4.93. The lowest BCUT2D eigenvalue weighted by molar-refractivity contribution is 0.637. The van der Waals surface area contributed by atoms with Crippen molar-refractivity contribution in [2.45, 2.75) is 26.2 Å². The van der Waals surface area contributed by atoms with Crippen molar-refractivity contribution in [1.82, 2.24) is 14.6 Å². The van der Waals surface area contributed by atoms with E-state index in [0.717, 1.165) is 12.1 Å². The van der Waals surface area contributed by atoms with Gasteiger partial charge in [-0.15, -0.1) is 5.10 Å². The zero-order chi connectivity index (χ0) is 11.0. The van der Waals surface area contributed by atoms with Gasteiger partial charge < -0.3 is 5.73 Å². The number of rotatable bonds is 2. The number of nitrogens with two attached hydrogens (primary N) is 1. The van der Waals surface area contributed by atoms with E-state index in [-0.39, 0.29) is 17.7 Å². The molecule has 0 aliphatic rings. The Bertz CT molecular complexity index is 491. The molecule has 0 fully saturated rings. The maximum atomic E-state index is 13.5. The molecular formula is C10H13FN4. The van der Waals surface area contributed by atoms with E-state index in [2.05, 4.69) is 10.1 Å². The third-order valence-corrected chi connectivity index (χ3v) is 2.63. The van der Waals surface area contributed by atoms with Crippen LogP contribution in [0.3, 0.4) is 0 Å². The van der Waals surface area contributed by atoms with E-state index in [1.165, 1.54) is 16.8 Å². The van der Waals surface area contributed by atoms with E-state index in [0.29, 0.717) is 5.52 Å². The molecule has 0 saturated carbocycles. The quantitative estimate of drug-likeness (QED) is 0.820. The van der Waals surface area contributed by atoms with Gasteiger partial charge in [0.15, 0.2) is 5.82 Å². The smallest absolute Gasteiger partial charge is 0.238 e. The van der Waals surface area contributed by atoms with Crippen LogP contribution in [0.2, 0.25) is 0 Å². The van der Waals surface area contributed by atoms with Gasteiger partial charge in [0.05, 0.1) is 6.20 Å². The van der Waals surface area contributed by atoms with E-state index in [1.54, 1.807) is 0 Å². The zero-order valence-electron chi connectivity index (χ0n) is 8.74. The van der Waals surface area contributed by atoms with Crippen LogP contribution in [-0.4, -0.2) is 14.6 Å². The van der Waals surface area contributed by atoms with Crippen LogP contribution < -0.4 is 5.73 Å². The highest BCUT2D eigenvalue weighted by Gasteiger charge is 2.14. The fourth-order valence-corrected chi connectivity index (χ4v) is 1.55. The molecule has 5 heteroatoms. The summed E-state index contributed by atoms with van der Waals surface area (Å²) in [6, 6.07) is 1.50. The molecule has 80 valence electrons. The van der Waals surface area contributed by atoms with Gasteiger partial charge >= 0.3 is 0 Å². The Morgan fingerprint density at radius 2 is 2.33 bits per heavy atom.